The van der Waals surface area contributed by atoms with Crippen LogP contribution in [0.4, 0.5) is 0 Å². The lowest BCUT2D eigenvalue weighted by atomic mass is 10.1. The van der Waals surface area contributed by atoms with Crippen molar-refractivity contribution >= 4 is 11.8 Å². The number of rotatable bonds is 5. The normalized spacial score (nSPS) is 16.8. The van der Waals surface area contributed by atoms with Crippen LogP contribution in [0.3, 0.4) is 0 Å². The van der Waals surface area contributed by atoms with Crippen molar-refractivity contribution < 1.29 is 14.1 Å². The number of nitrogens with one attached hydrogen (secondary N) is 1. The molecule has 28 heavy (non-hydrogen) atoms. The van der Waals surface area contributed by atoms with E-state index in [-0.39, 0.29) is 18.2 Å². The Bertz CT molecular complexity index is 980. The second-order valence-electron chi connectivity index (χ2n) is 6.47. The Hall–Kier alpha value is -3.49. The van der Waals surface area contributed by atoms with Crippen LogP contribution in [0.15, 0.2) is 47.2 Å². The van der Waals surface area contributed by atoms with Crippen molar-refractivity contribution in [1.29, 1.82) is 0 Å². The van der Waals surface area contributed by atoms with Crippen LogP contribution in [0.25, 0.3) is 11.4 Å². The summed E-state index contributed by atoms with van der Waals surface area (Å²) in [6, 6.07) is 8.72. The van der Waals surface area contributed by atoms with Gasteiger partial charge in [-0.25, -0.2) is 0 Å². The molecule has 1 atom stereocenters. The molecule has 0 aliphatic carbocycles. The molecule has 2 amide bonds. The Kier molecular flexibility index (Phi) is 4.88. The van der Waals surface area contributed by atoms with Crippen molar-refractivity contribution in [2.24, 2.45) is 0 Å². The highest BCUT2D eigenvalue weighted by molar-refractivity contribution is 5.98. The third kappa shape index (κ3) is 3.51. The summed E-state index contributed by atoms with van der Waals surface area (Å²) in [6.07, 6.45) is 3.36. The molecule has 1 fully saturated rings. The molecule has 1 aliphatic heterocycles. The van der Waals surface area contributed by atoms with Crippen molar-refractivity contribution in [2.75, 3.05) is 13.1 Å². The molecule has 0 bridgehead atoms. The summed E-state index contributed by atoms with van der Waals surface area (Å²) >= 11 is 0. The van der Waals surface area contributed by atoms with E-state index in [0.29, 0.717) is 36.9 Å². The highest BCUT2D eigenvalue weighted by Gasteiger charge is 2.35. The molecule has 9 heteroatoms. The van der Waals surface area contributed by atoms with Gasteiger partial charge in [0.2, 0.25) is 17.6 Å². The average Bonchev–Trinajstić information content (AvgIpc) is 3.39. The van der Waals surface area contributed by atoms with Gasteiger partial charge in [0.1, 0.15) is 6.04 Å². The molecule has 1 aromatic carbocycles. The highest BCUT2D eigenvalue weighted by atomic mass is 16.5. The van der Waals surface area contributed by atoms with Crippen LogP contribution in [0.5, 0.6) is 0 Å². The first-order chi connectivity index (χ1) is 13.7. The van der Waals surface area contributed by atoms with E-state index in [1.165, 1.54) is 6.20 Å². The summed E-state index contributed by atoms with van der Waals surface area (Å²) in [7, 11) is 0. The molecule has 0 saturated carbocycles. The standard InChI is InChI=1S/C19H20N6O3/c1-2-24-12-14(11-21-24)19(27)25-9-8-20-18(26)15(25)10-16-22-17(23-28-16)13-6-4-3-5-7-13/h3-7,11-12,15H,2,8-10H2,1H3,(H,20,26). The van der Waals surface area contributed by atoms with Crippen LogP contribution in [0, 0.1) is 0 Å². The van der Waals surface area contributed by atoms with E-state index in [9.17, 15) is 9.59 Å². The topological polar surface area (TPSA) is 106 Å². The van der Waals surface area contributed by atoms with Crippen LogP contribution in [-0.4, -0.2) is 55.8 Å². The van der Waals surface area contributed by atoms with Crippen molar-refractivity contribution in [3.8, 4) is 11.4 Å². The summed E-state index contributed by atoms with van der Waals surface area (Å²) in [6.45, 7) is 3.42. The number of aromatic nitrogens is 4. The molecule has 3 heterocycles. The fourth-order valence-corrected chi connectivity index (χ4v) is 3.18. The van der Waals surface area contributed by atoms with Crippen LogP contribution in [0.2, 0.25) is 0 Å². The lowest BCUT2D eigenvalue weighted by molar-refractivity contribution is -0.127. The first-order valence-corrected chi connectivity index (χ1v) is 9.15. The minimum atomic E-state index is -0.713. The summed E-state index contributed by atoms with van der Waals surface area (Å²) in [5, 5.41) is 10.9. The molecule has 3 aromatic rings. The molecule has 0 spiro atoms. The van der Waals surface area contributed by atoms with Crippen molar-refractivity contribution in [3.05, 3.63) is 54.2 Å². The van der Waals surface area contributed by atoms with E-state index >= 15 is 0 Å². The molecule has 1 N–H and O–H groups in total. The Morgan fingerprint density at radius 1 is 1.32 bits per heavy atom. The summed E-state index contributed by atoms with van der Waals surface area (Å²) in [5.74, 6) is 0.293. The number of amides is 2. The van der Waals surface area contributed by atoms with Gasteiger partial charge in [-0.1, -0.05) is 35.5 Å². The van der Waals surface area contributed by atoms with Gasteiger partial charge in [-0.05, 0) is 6.92 Å². The number of aryl methyl sites for hydroxylation is 1. The maximum absolute atomic E-state index is 12.9. The number of hydrogen-bond donors (Lipinski definition) is 1. The SMILES string of the molecule is CCn1cc(C(=O)N2CCNC(=O)C2Cc2nc(-c3ccccc3)no2)cn1. The van der Waals surface area contributed by atoms with Crippen LogP contribution >= 0.6 is 0 Å². The molecule has 9 nitrogen and oxygen atoms in total. The maximum atomic E-state index is 12.9. The van der Waals surface area contributed by atoms with Gasteiger partial charge in [-0.3, -0.25) is 14.3 Å². The lowest BCUT2D eigenvalue weighted by Crippen LogP contribution is -2.58. The monoisotopic (exact) mass is 380 g/mol. The first-order valence-electron chi connectivity index (χ1n) is 9.15. The van der Waals surface area contributed by atoms with Gasteiger partial charge in [0.05, 0.1) is 18.2 Å². The van der Waals surface area contributed by atoms with E-state index in [1.807, 2.05) is 37.3 Å². The molecular weight excluding hydrogens is 360 g/mol. The number of nitrogens with zero attached hydrogens (tertiary/aromatic N) is 5. The maximum Gasteiger partial charge on any atom is 0.257 e. The van der Waals surface area contributed by atoms with Gasteiger partial charge in [0.15, 0.2) is 0 Å². The van der Waals surface area contributed by atoms with Crippen molar-refractivity contribution in [2.45, 2.75) is 25.9 Å². The van der Waals surface area contributed by atoms with Crippen LogP contribution in [-0.2, 0) is 17.8 Å². The summed E-state index contributed by atoms with van der Waals surface area (Å²) < 4.78 is 7.01. The zero-order valence-corrected chi connectivity index (χ0v) is 15.4. The minimum Gasteiger partial charge on any atom is -0.353 e. The average molecular weight is 380 g/mol. The van der Waals surface area contributed by atoms with Crippen molar-refractivity contribution in [3.63, 3.8) is 0 Å². The smallest absolute Gasteiger partial charge is 0.257 e. The molecule has 1 unspecified atom stereocenters. The molecule has 2 aromatic heterocycles. The number of carbonyl (C=O) groups excluding carboxylic acids is 2. The largest absolute Gasteiger partial charge is 0.353 e. The second-order valence-corrected chi connectivity index (χ2v) is 6.47. The molecule has 1 aliphatic rings. The summed E-state index contributed by atoms with van der Waals surface area (Å²) in [4.78, 5) is 31.3. The Labute approximate surface area is 161 Å². The predicted molar refractivity (Wildman–Crippen MR) is 99.2 cm³/mol. The molecule has 1 saturated heterocycles. The first kappa shape index (κ1) is 17.9. The number of piperazine rings is 1. The van der Waals surface area contributed by atoms with Gasteiger partial charge in [-0.15, -0.1) is 0 Å². The number of carbonyl (C=O) groups is 2. The third-order valence-corrected chi connectivity index (χ3v) is 4.66. The minimum absolute atomic E-state index is 0.152. The summed E-state index contributed by atoms with van der Waals surface area (Å²) in [5.41, 5.74) is 1.28. The third-order valence-electron chi connectivity index (χ3n) is 4.66. The zero-order valence-electron chi connectivity index (χ0n) is 15.4. The van der Waals surface area contributed by atoms with E-state index in [0.717, 1.165) is 5.56 Å². The second kappa shape index (κ2) is 7.63. The molecule has 0 radical (unpaired) electrons. The fourth-order valence-electron chi connectivity index (χ4n) is 3.18. The fraction of sp³-hybridized carbons (Fsp3) is 0.316. The molecule has 4 rings (SSSR count). The van der Waals surface area contributed by atoms with Gasteiger partial charge in [0.25, 0.3) is 5.91 Å². The number of hydrogen-bond acceptors (Lipinski definition) is 6. The lowest BCUT2D eigenvalue weighted by Gasteiger charge is -2.34. The van der Waals surface area contributed by atoms with E-state index in [2.05, 4.69) is 20.6 Å². The van der Waals surface area contributed by atoms with E-state index in [4.69, 9.17) is 4.52 Å². The van der Waals surface area contributed by atoms with Gasteiger partial charge < -0.3 is 14.7 Å². The van der Waals surface area contributed by atoms with Crippen molar-refractivity contribution in [1.82, 2.24) is 30.1 Å². The predicted octanol–water partition coefficient (Wildman–Crippen LogP) is 1.14. The Balaban J connectivity index is 1.55. The van der Waals surface area contributed by atoms with Crippen LogP contribution in [0.1, 0.15) is 23.2 Å². The van der Waals surface area contributed by atoms with E-state index in [1.54, 1.807) is 15.8 Å². The number of benzene rings is 1. The van der Waals surface area contributed by atoms with Gasteiger partial charge >= 0.3 is 0 Å². The quantitative estimate of drug-likeness (QED) is 0.711. The Morgan fingerprint density at radius 2 is 2.14 bits per heavy atom. The van der Waals surface area contributed by atoms with Gasteiger partial charge in [0, 0.05) is 31.4 Å². The Morgan fingerprint density at radius 3 is 2.89 bits per heavy atom. The zero-order chi connectivity index (χ0) is 19.5. The van der Waals surface area contributed by atoms with Gasteiger partial charge in [-0.2, -0.15) is 10.1 Å². The molecule has 144 valence electrons. The molecular formula is C19H20N6O3. The highest BCUT2D eigenvalue weighted by Crippen LogP contribution is 2.18. The van der Waals surface area contributed by atoms with Crippen LogP contribution < -0.4 is 5.32 Å². The van der Waals surface area contributed by atoms with E-state index < -0.39 is 6.04 Å².